The van der Waals surface area contributed by atoms with Gasteiger partial charge in [0.05, 0.1) is 11.0 Å². The number of hydrogen-bond acceptors (Lipinski definition) is 8. The third kappa shape index (κ3) is 3.30. The molecule has 8 nitrogen and oxygen atoms in total. The Balaban J connectivity index is 1.37. The van der Waals surface area contributed by atoms with Gasteiger partial charge < -0.3 is 18.9 Å². The molecule has 0 fully saturated rings. The monoisotopic (exact) mass is 507 g/mol. The molecule has 4 aliphatic rings. The molecule has 0 amide bonds. The minimum absolute atomic E-state index is 0.116. The highest BCUT2D eigenvalue weighted by molar-refractivity contribution is 7.86. The second kappa shape index (κ2) is 7.86. The average Bonchev–Trinajstić information content (AvgIpc) is 3.52. The minimum Gasteiger partial charge on any atom is -0.454 e. The Morgan fingerprint density at radius 1 is 0.889 bits per heavy atom. The van der Waals surface area contributed by atoms with Crippen molar-refractivity contribution in [2.45, 2.75) is 42.8 Å². The zero-order chi connectivity index (χ0) is 24.6. The van der Waals surface area contributed by atoms with Gasteiger partial charge in [0.25, 0.3) is 10.1 Å². The van der Waals surface area contributed by atoms with Crippen LogP contribution in [0.2, 0.25) is 0 Å². The molecule has 3 aliphatic heterocycles. The van der Waals surface area contributed by atoms with Gasteiger partial charge in [-0.15, -0.1) is 0 Å². The van der Waals surface area contributed by atoms with Crippen molar-refractivity contribution in [2.24, 2.45) is 0 Å². The maximum atomic E-state index is 13.4. The zero-order valence-electron chi connectivity index (χ0n) is 19.9. The first-order valence-corrected chi connectivity index (χ1v) is 13.3. The van der Waals surface area contributed by atoms with Gasteiger partial charge in [-0.05, 0) is 61.0 Å². The summed E-state index contributed by atoms with van der Waals surface area (Å²) in [7, 11) is -1.96. The fourth-order valence-electron chi connectivity index (χ4n) is 5.96. The lowest BCUT2D eigenvalue weighted by atomic mass is 9.70. The fraction of sp³-hybridized carbons (Fsp3) is 0.333. The molecule has 0 saturated heterocycles. The van der Waals surface area contributed by atoms with Crippen molar-refractivity contribution in [1.82, 2.24) is 4.90 Å². The van der Waals surface area contributed by atoms with E-state index in [9.17, 15) is 8.42 Å². The van der Waals surface area contributed by atoms with Crippen molar-refractivity contribution in [1.29, 1.82) is 0 Å². The Hall–Kier alpha value is -3.27. The number of benzene rings is 3. The van der Waals surface area contributed by atoms with Crippen LogP contribution in [-0.4, -0.2) is 40.1 Å². The van der Waals surface area contributed by atoms with Crippen molar-refractivity contribution in [3.63, 3.8) is 0 Å². The molecule has 0 N–H and O–H groups in total. The molecule has 3 aromatic rings. The van der Waals surface area contributed by atoms with E-state index in [1.54, 1.807) is 24.3 Å². The summed E-state index contributed by atoms with van der Waals surface area (Å²) in [5.74, 6) is 2.58. The maximum absolute atomic E-state index is 13.4. The molecule has 0 bridgehead atoms. The second-order valence-corrected chi connectivity index (χ2v) is 11.3. The van der Waals surface area contributed by atoms with Crippen molar-refractivity contribution in [3.8, 4) is 23.0 Å². The van der Waals surface area contributed by atoms with E-state index in [1.165, 1.54) is 0 Å². The van der Waals surface area contributed by atoms with E-state index in [0.29, 0.717) is 30.2 Å². The Labute approximate surface area is 209 Å². The van der Waals surface area contributed by atoms with Gasteiger partial charge in [0.15, 0.2) is 23.0 Å². The van der Waals surface area contributed by atoms with E-state index in [2.05, 4.69) is 4.90 Å². The number of rotatable bonds is 3. The molecular weight excluding hydrogens is 482 g/mol. The summed E-state index contributed by atoms with van der Waals surface area (Å²) in [4.78, 5) is 2.38. The second-order valence-electron chi connectivity index (χ2n) is 9.76. The molecule has 0 aromatic heterocycles. The molecule has 7 rings (SSSR count). The van der Waals surface area contributed by atoms with Crippen molar-refractivity contribution in [3.05, 3.63) is 76.3 Å². The molecule has 186 valence electrons. The highest BCUT2D eigenvalue weighted by Gasteiger charge is 2.47. The zero-order valence-corrected chi connectivity index (χ0v) is 20.7. The van der Waals surface area contributed by atoms with Crippen LogP contribution in [0.3, 0.4) is 0 Å². The first-order valence-electron chi connectivity index (χ1n) is 11.9. The van der Waals surface area contributed by atoms with Gasteiger partial charge in [-0.2, -0.15) is 8.42 Å². The lowest BCUT2D eigenvalue weighted by Crippen LogP contribution is -2.45. The fourth-order valence-corrected chi connectivity index (χ4v) is 7.05. The van der Waals surface area contributed by atoms with Gasteiger partial charge in [-0.25, -0.2) is 0 Å². The molecule has 0 radical (unpaired) electrons. The van der Waals surface area contributed by atoms with Crippen LogP contribution < -0.4 is 18.9 Å². The van der Waals surface area contributed by atoms with Gasteiger partial charge in [0.2, 0.25) is 13.6 Å². The first kappa shape index (κ1) is 22.0. The summed E-state index contributed by atoms with van der Waals surface area (Å²) in [6.45, 7) is 2.91. The highest BCUT2D eigenvalue weighted by Crippen LogP contribution is 2.55. The van der Waals surface area contributed by atoms with Crippen molar-refractivity contribution >= 4 is 10.1 Å². The number of nitrogens with zero attached hydrogens (tertiary/aromatic N) is 1. The molecule has 36 heavy (non-hydrogen) atoms. The van der Waals surface area contributed by atoms with E-state index in [0.717, 1.165) is 33.6 Å². The van der Waals surface area contributed by atoms with Crippen LogP contribution in [0, 0.1) is 6.92 Å². The number of aryl methyl sites for hydroxylation is 1. The van der Waals surface area contributed by atoms with Crippen LogP contribution in [-0.2, 0) is 27.3 Å². The molecule has 0 spiro atoms. The highest BCUT2D eigenvalue weighted by atomic mass is 32.2. The summed E-state index contributed by atoms with van der Waals surface area (Å²) in [6.07, 6.45) is -0.212. The predicted octanol–water partition coefficient (Wildman–Crippen LogP) is 4.05. The van der Waals surface area contributed by atoms with E-state index in [4.69, 9.17) is 23.1 Å². The van der Waals surface area contributed by atoms with Gasteiger partial charge >= 0.3 is 0 Å². The van der Waals surface area contributed by atoms with E-state index < -0.39 is 16.2 Å². The van der Waals surface area contributed by atoms with Gasteiger partial charge in [0, 0.05) is 30.5 Å². The van der Waals surface area contributed by atoms with Crippen LogP contribution in [0.5, 0.6) is 23.0 Å². The Morgan fingerprint density at radius 2 is 1.61 bits per heavy atom. The van der Waals surface area contributed by atoms with Gasteiger partial charge in [-0.1, -0.05) is 23.8 Å². The third-order valence-corrected chi connectivity index (χ3v) is 8.94. The predicted molar refractivity (Wildman–Crippen MR) is 129 cm³/mol. The molecular formula is C27H25NO7S. The quantitative estimate of drug-likeness (QED) is 0.491. The van der Waals surface area contributed by atoms with Gasteiger partial charge in [0.1, 0.15) is 0 Å². The molecule has 0 saturated carbocycles. The van der Waals surface area contributed by atoms with Crippen LogP contribution in [0.4, 0.5) is 0 Å². The third-order valence-electron chi connectivity index (χ3n) is 7.59. The number of hydrogen-bond donors (Lipinski definition) is 0. The van der Waals surface area contributed by atoms with Crippen LogP contribution in [0.15, 0.2) is 53.4 Å². The molecule has 0 unspecified atom stereocenters. The standard InChI is InChI=1S/C27H25NO7S/c1-15-3-5-17(6-4-15)36(29,30)35-24-10-16-9-22-23(33-13-32-22)11-19(16)26-25(24)18-7-8-21-27(34-14-31-21)20(18)12-28(26)2/h3-9,11,24-26H,10,12-14H2,1-2H3/t24-,25-,26+/m0/s1. The Kier molecular flexibility index (Phi) is 4.80. The summed E-state index contributed by atoms with van der Waals surface area (Å²) in [5.41, 5.74) is 5.12. The summed E-state index contributed by atoms with van der Waals surface area (Å²) in [5, 5.41) is 0. The van der Waals surface area contributed by atoms with E-state index >= 15 is 0 Å². The van der Waals surface area contributed by atoms with E-state index in [-0.39, 0.29) is 30.4 Å². The Morgan fingerprint density at radius 3 is 2.42 bits per heavy atom. The first-order chi connectivity index (χ1) is 17.4. The summed E-state index contributed by atoms with van der Waals surface area (Å²) < 4.78 is 55.7. The lowest BCUT2D eigenvalue weighted by molar-refractivity contribution is 0.0783. The molecule has 9 heteroatoms. The minimum atomic E-state index is -4.00. The topological polar surface area (TPSA) is 83.5 Å². The Bertz CT molecular complexity index is 1480. The van der Waals surface area contributed by atoms with Crippen molar-refractivity contribution in [2.75, 3.05) is 20.6 Å². The SMILES string of the molecule is Cc1ccc(S(=O)(=O)O[C@H]2Cc3cc4c(cc3[C@@H]3[C@H]2c2ccc5c(c2CN3C)OCO5)OCO4)cc1. The molecule has 3 aromatic carbocycles. The van der Waals surface area contributed by atoms with E-state index in [1.807, 2.05) is 38.2 Å². The van der Waals surface area contributed by atoms with Crippen LogP contribution in [0.25, 0.3) is 0 Å². The number of ether oxygens (including phenoxy) is 4. The smallest absolute Gasteiger partial charge is 0.297 e. The summed E-state index contributed by atoms with van der Waals surface area (Å²) in [6, 6.07) is 14.6. The summed E-state index contributed by atoms with van der Waals surface area (Å²) >= 11 is 0. The molecule has 3 atom stereocenters. The number of fused-ring (bicyclic) bond motifs is 8. The number of likely N-dealkylation sites (N-methyl/N-ethyl adjacent to an activating group) is 1. The van der Waals surface area contributed by atoms with Crippen LogP contribution in [0.1, 0.15) is 39.8 Å². The average molecular weight is 508 g/mol. The van der Waals surface area contributed by atoms with Gasteiger partial charge in [-0.3, -0.25) is 9.08 Å². The van der Waals surface area contributed by atoms with Crippen LogP contribution >= 0.6 is 0 Å². The largest absolute Gasteiger partial charge is 0.454 e. The molecule has 3 heterocycles. The lowest BCUT2D eigenvalue weighted by Gasteiger charge is -2.47. The normalized spacial score (nSPS) is 23.7. The maximum Gasteiger partial charge on any atom is 0.297 e. The van der Waals surface area contributed by atoms with Crippen molar-refractivity contribution < 1.29 is 31.5 Å². The molecule has 1 aliphatic carbocycles.